The van der Waals surface area contributed by atoms with Gasteiger partial charge in [0, 0.05) is 0 Å². The van der Waals surface area contributed by atoms with Gasteiger partial charge in [-0.3, -0.25) is 0 Å². The fourth-order valence-electron chi connectivity index (χ4n) is 0.201. The summed E-state index contributed by atoms with van der Waals surface area (Å²) in [4.78, 5) is 0. The molecule has 0 heterocycles. The topological polar surface area (TPSA) is 0 Å². The van der Waals surface area contributed by atoms with Crippen LogP contribution in [0.4, 0.5) is 0 Å². The summed E-state index contributed by atoms with van der Waals surface area (Å²) in [6, 6.07) is 0. The van der Waals surface area contributed by atoms with Gasteiger partial charge in [-0.25, -0.2) is 0 Å². The molecule has 0 aromatic carbocycles. The first-order valence-electron chi connectivity index (χ1n) is 1.97. The molecule has 0 aliphatic carbocycles. The average molecular weight is 250 g/mol. The molecule has 0 aromatic rings. The normalized spacial score (nSPS) is 9.43. The summed E-state index contributed by atoms with van der Waals surface area (Å²) in [6.45, 7) is 0. The van der Waals surface area contributed by atoms with Crippen LogP contribution in [0.5, 0.6) is 0 Å². The Labute approximate surface area is 64.3 Å². The molecule has 0 nitrogen and oxygen atoms in total. The molecule has 0 bridgehead atoms. The Bertz CT molecular complexity index is 28.9. The Morgan fingerprint density at radius 2 is 1.57 bits per heavy atom. The Balaban J connectivity index is 2.45. The monoisotopic (exact) mass is 252 g/mol. The van der Waals surface area contributed by atoms with Crippen LogP contribution in [0.1, 0.15) is 0 Å². The quantitative estimate of drug-likeness (QED) is 0.545. The van der Waals surface area contributed by atoms with Crippen molar-refractivity contribution in [2.45, 2.75) is 0 Å². The van der Waals surface area contributed by atoms with Gasteiger partial charge < -0.3 is 0 Å². The minimum absolute atomic E-state index is 0.403. The fourth-order valence-corrected chi connectivity index (χ4v) is 5.41. The second kappa shape index (κ2) is 7.49. The van der Waals surface area contributed by atoms with Crippen molar-refractivity contribution in [2.75, 3.05) is 20.1 Å². The van der Waals surface area contributed by atoms with Crippen LogP contribution >= 0.6 is 23.5 Å². The molecule has 0 rings (SSSR count). The molecule has 0 radical (unpaired) electrons. The molecule has 0 aliphatic rings. The van der Waals surface area contributed by atoms with E-state index in [-0.39, 0.29) is 0 Å². The predicted molar refractivity (Wildman–Crippen MR) is 42.5 cm³/mol. The molecular weight excluding hydrogens is 240 g/mol. The van der Waals surface area contributed by atoms with E-state index in [4.69, 9.17) is 0 Å². The van der Waals surface area contributed by atoms with Crippen molar-refractivity contribution in [3.05, 3.63) is 0 Å². The molecule has 3 heteroatoms. The second-order valence-electron chi connectivity index (χ2n) is 1.02. The number of thioether (sulfide) groups is 2. The third-order valence-electron chi connectivity index (χ3n) is 0.402. The molecule has 0 unspecified atom stereocenters. The maximum atomic E-state index is 2.19. The molecule has 0 atom stereocenters. The van der Waals surface area contributed by atoms with Gasteiger partial charge in [0.2, 0.25) is 0 Å². The van der Waals surface area contributed by atoms with Crippen molar-refractivity contribution in [2.24, 2.45) is 0 Å². The molecule has 44 valence electrons. The van der Waals surface area contributed by atoms with Gasteiger partial charge in [0.1, 0.15) is 0 Å². The average Bonchev–Trinajstić information content (AvgIpc) is 1.69. The number of hydrogen-bond acceptors (Lipinski definition) is 2. The van der Waals surface area contributed by atoms with Crippen molar-refractivity contribution in [1.29, 1.82) is 0 Å². The molecule has 0 amide bonds. The van der Waals surface area contributed by atoms with Crippen LogP contribution in [0.25, 0.3) is 0 Å². The first-order chi connectivity index (χ1) is 3.41. The van der Waals surface area contributed by atoms with E-state index >= 15 is 0 Å². The van der Waals surface area contributed by atoms with E-state index in [9.17, 15) is 0 Å². The summed E-state index contributed by atoms with van der Waals surface area (Å²) in [7, 11) is 0. The first-order valence-corrected chi connectivity index (χ1v) is 8.05. The molecule has 0 aromatic heterocycles. The zero-order chi connectivity index (χ0) is 5.54. The van der Waals surface area contributed by atoms with Gasteiger partial charge in [0.25, 0.3) is 0 Å². The molecule has 7 heavy (non-hydrogen) atoms. The predicted octanol–water partition coefficient (Wildman–Crippen LogP) is 1.33. The number of hydrogen-bond donors (Lipinski definition) is 0. The summed E-state index contributed by atoms with van der Waals surface area (Å²) in [5, 5.41) is 0. The Morgan fingerprint density at radius 1 is 1.14 bits per heavy atom. The third-order valence-corrected chi connectivity index (χ3v) is 8.10. The third kappa shape index (κ3) is 7.49. The zero-order valence-electron chi connectivity index (χ0n) is 4.64. The summed E-state index contributed by atoms with van der Waals surface area (Å²) >= 11 is 4.37. The second-order valence-corrected chi connectivity index (χ2v) is 7.84. The Morgan fingerprint density at radius 3 is 1.86 bits per heavy atom. The van der Waals surface area contributed by atoms with E-state index in [1.54, 1.807) is 0 Å². The number of rotatable bonds is 4. The summed E-state index contributed by atoms with van der Waals surface area (Å²) in [6.07, 6.45) is 4.37. The van der Waals surface area contributed by atoms with Crippen molar-refractivity contribution in [3.8, 4) is 0 Å². The zero-order valence-corrected chi connectivity index (χ0v) is 8.60. The maximum absolute atomic E-state index is 2.19. The SMILES string of the molecule is CSC[Te]CSC. The van der Waals surface area contributed by atoms with Crippen LogP contribution in [0, 0.1) is 0 Å². The van der Waals surface area contributed by atoms with E-state index in [1.807, 2.05) is 23.5 Å². The summed E-state index contributed by atoms with van der Waals surface area (Å²) in [5.41, 5.74) is 0. The molecule has 0 aliphatic heterocycles. The van der Waals surface area contributed by atoms with E-state index in [2.05, 4.69) is 12.5 Å². The molecular formula is C4H10S2Te. The molecule has 0 saturated carbocycles. The Hall–Kier alpha value is 1.49. The van der Waals surface area contributed by atoms with E-state index < -0.39 is 0 Å². The van der Waals surface area contributed by atoms with Crippen LogP contribution in [0.2, 0.25) is 0 Å². The summed E-state index contributed by atoms with van der Waals surface area (Å²) < 4.78 is 2.90. The van der Waals surface area contributed by atoms with Crippen LogP contribution in [0.15, 0.2) is 0 Å². The minimum atomic E-state index is 0.403. The summed E-state index contributed by atoms with van der Waals surface area (Å²) in [5.74, 6) is 0. The van der Waals surface area contributed by atoms with Crippen LogP contribution in [-0.2, 0) is 0 Å². The van der Waals surface area contributed by atoms with Gasteiger partial charge in [0.15, 0.2) is 0 Å². The van der Waals surface area contributed by atoms with Gasteiger partial charge in [-0.1, -0.05) is 0 Å². The van der Waals surface area contributed by atoms with Gasteiger partial charge in [0.05, 0.1) is 0 Å². The van der Waals surface area contributed by atoms with Gasteiger partial charge in [-0.2, -0.15) is 0 Å². The van der Waals surface area contributed by atoms with E-state index in [0.29, 0.717) is 20.9 Å². The standard InChI is InChI=1S/C4H10S2Te/c1-5-3-7-4-6-2/h3-4H2,1-2H3. The van der Waals surface area contributed by atoms with Crippen molar-refractivity contribution >= 4 is 44.4 Å². The fraction of sp³-hybridized carbons (Fsp3) is 1.00. The van der Waals surface area contributed by atoms with E-state index in [1.165, 1.54) is 7.60 Å². The van der Waals surface area contributed by atoms with Crippen LogP contribution < -0.4 is 0 Å². The first kappa shape index (κ1) is 8.49. The van der Waals surface area contributed by atoms with Crippen molar-refractivity contribution < 1.29 is 0 Å². The van der Waals surface area contributed by atoms with Gasteiger partial charge >= 0.3 is 64.6 Å². The van der Waals surface area contributed by atoms with Crippen LogP contribution in [0.3, 0.4) is 0 Å². The van der Waals surface area contributed by atoms with E-state index in [0.717, 1.165) is 0 Å². The Kier molecular flexibility index (Phi) is 9.08. The molecule has 0 spiro atoms. The molecule has 0 N–H and O–H groups in total. The van der Waals surface area contributed by atoms with Crippen molar-refractivity contribution in [3.63, 3.8) is 0 Å². The van der Waals surface area contributed by atoms with Gasteiger partial charge in [-0.05, 0) is 0 Å². The molecule has 0 fully saturated rings. The van der Waals surface area contributed by atoms with Crippen LogP contribution in [-0.4, -0.2) is 41.0 Å². The van der Waals surface area contributed by atoms with Gasteiger partial charge in [-0.15, -0.1) is 0 Å². The van der Waals surface area contributed by atoms with Crippen molar-refractivity contribution in [1.82, 2.24) is 0 Å². The molecule has 0 saturated heterocycles.